The van der Waals surface area contributed by atoms with Gasteiger partial charge in [-0.05, 0) is 18.2 Å². The van der Waals surface area contributed by atoms with Crippen molar-refractivity contribution in [2.75, 3.05) is 17.7 Å². The molecule has 6 heteroatoms. The Balaban J connectivity index is 1.94. The topological polar surface area (TPSA) is 77.2 Å². The number of pyridine rings is 1. The summed E-state index contributed by atoms with van der Waals surface area (Å²) in [6.45, 7) is 0.0310. The molecule has 5 nitrogen and oxygen atoms in total. The van der Waals surface area contributed by atoms with Crippen LogP contribution in [0.1, 0.15) is 0 Å². The molecule has 0 atom stereocenters. The average Bonchev–Trinajstić information content (AvgIpc) is 2.41. The normalized spacial score (nSPS) is 13.4. The van der Waals surface area contributed by atoms with Gasteiger partial charge in [-0.25, -0.2) is 0 Å². The van der Waals surface area contributed by atoms with Crippen LogP contribution < -0.4 is 15.8 Å². The Morgan fingerprint density at radius 3 is 2.89 bits per heavy atom. The maximum atomic E-state index is 11.3. The smallest absolute Gasteiger partial charge is 0.262 e. The molecule has 1 aliphatic rings. The second-order valence-electron chi connectivity index (χ2n) is 4.01. The molecule has 0 spiro atoms. The molecule has 0 radical (unpaired) electrons. The zero-order chi connectivity index (χ0) is 13.2. The molecule has 1 amide bonds. The number of nitrogens with zero attached hydrogens (tertiary/aromatic N) is 1. The molecule has 0 aliphatic carbocycles. The SMILES string of the molecule is Nc1cc2c(cc1Sc1ccncc1)NC(=O)CO2. The van der Waals surface area contributed by atoms with Gasteiger partial charge in [-0.1, -0.05) is 11.8 Å². The van der Waals surface area contributed by atoms with E-state index in [1.54, 1.807) is 18.5 Å². The van der Waals surface area contributed by atoms with Gasteiger partial charge in [0.05, 0.1) is 5.69 Å². The highest BCUT2D eigenvalue weighted by Gasteiger charge is 2.18. The van der Waals surface area contributed by atoms with Crippen LogP contribution in [0.15, 0.2) is 46.5 Å². The van der Waals surface area contributed by atoms with Crippen LogP contribution in [-0.2, 0) is 4.79 Å². The van der Waals surface area contributed by atoms with Gasteiger partial charge < -0.3 is 15.8 Å². The first-order valence-electron chi connectivity index (χ1n) is 5.66. The van der Waals surface area contributed by atoms with Crippen LogP contribution in [0.4, 0.5) is 11.4 Å². The minimum Gasteiger partial charge on any atom is -0.482 e. The second kappa shape index (κ2) is 4.81. The minimum atomic E-state index is -0.155. The predicted molar refractivity (Wildman–Crippen MR) is 73.3 cm³/mol. The van der Waals surface area contributed by atoms with Crippen LogP contribution in [0.25, 0.3) is 0 Å². The average molecular weight is 273 g/mol. The Morgan fingerprint density at radius 2 is 2.11 bits per heavy atom. The highest BCUT2D eigenvalue weighted by atomic mass is 32.2. The van der Waals surface area contributed by atoms with E-state index in [2.05, 4.69) is 10.3 Å². The summed E-state index contributed by atoms with van der Waals surface area (Å²) in [5.74, 6) is 0.452. The van der Waals surface area contributed by atoms with Gasteiger partial charge in [0.25, 0.3) is 5.91 Å². The van der Waals surface area contributed by atoms with Crippen molar-refractivity contribution in [3.05, 3.63) is 36.7 Å². The summed E-state index contributed by atoms with van der Waals surface area (Å²) in [6, 6.07) is 7.36. The third kappa shape index (κ3) is 2.48. The number of hydrogen-bond donors (Lipinski definition) is 2. The number of nitrogens with two attached hydrogens (primary N) is 1. The number of rotatable bonds is 2. The van der Waals surface area contributed by atoms with Crippen molar-refractivity contribution in [2.24, 2.45) is 0 Å². The van der Waals surface area contributed by atoms with E-state index in [9.17, 15) is 4.79 Å². The molecular formula is C13H11N3O2S. The molecule has 3 rings (SSSR count). The van der Waals surface area contributed by atoms with Crippen LogP contribution >= 0.6 is 11.8 Å². The lowest BCUT2D eigenvalue weighted by Gasteiger charge is -2.19. The zero-order valence-corrected chi connectivity index (χ0v) is 10.7. The molecule has 1 aromatic carbocycles. The van der Waals surface area contributed by atoms with Gasteiger partial charge in [-0.3, -0.25) is 9.78 Å². The highest BCUT2D eigenvalue weighted by Crippen LogP contribution is 2.39. The van der Waals surface area contributed by atoms with E-state index in [0.717, 1.165) is 9.79 Å². The molecule has 2 heterocycles. The Bertz CT molecular complexity index is 631. The second-order valence-corrected chi connectivity index (χ2v) is 5.12. The molecule has 0 bridgehead atoms. The molecule has 19 heavy (non-hydrogen) atoms. The summed E-state index contributed by atoms with van der Waals surface area (Å²) in [6.07, 6.45) is 3.45. The third-order valence-electron chi connectivity index (χ3n) is 2.62. The summed E-state index contributed by atoms with van der Waals surface area (Å²) in [5, 5.41) is 2.77. The first kappa shape index (κ1) is 11.9. The molecule has 0 saturated carbocycles. The van der Waals surface area contributed by atoms with E-state index >= 15 is 0 Å². The lowest BCUT2D eigenvalue weighted by atomic mass is 10.2. The van der Waals surface area contributed by atoms with Crippen LogP contribution in [-0.4, -0.2) is 17.5 Å². The number of nitrogen functional groups attached to an aromatic ring is 1. The molecule has 2 aromatic rings. The Labute approximate surface area is 114 Å². The van der Waals surface area contributed by atoms with Crippen molar-refractivity contribution in [1.29, 1.82) is 0 Å². The lowest BCUT2D eigenvalue weighted by molar-refractivity contribution is -0.118. The lowest BCUT2D eigenvalue weighted by Crippen LogP contribution is -2.25. The van der Waals surface area contributed by atoms with Gasteiger partial charge in [-0.15, -0.1) is 0 Å². The number of nitrogens with one attached hydrogen (secondary N) is 1. The fraction of sp³-hybridized carbons (Fsp3) is 0.0769. The van der Waals surface area contributed by atoms with Crippen molar-refractivity contribution in [3.63, 3.8) is 0 Å². The first-order valence-corrected chi connectivity index (χ1v) is 6.48. The zero-order valence-electron chi connectivity index (χ0n) is 9.92. The van der Waals surface area contributed by atoms with Gasteiger partial charge in [0, 0.05) is 33.9 Å². The van der Waals surface area contributed by atoms with E-state index in [1.807, 2.05) is 18.2 Å². The van der Waals surface area contributed by atoms with Gasteiger partial charge in [0.1, 0.15) is 5.75 Å². The molecule has 0 saturated heterocycles. The van der Waals surface area contributed by atoms with E-state index < -0.39 is 0 Å². The predicted octanol–water partition coefficient (Wildman–Crippen LogP) is 2.15. The van der Waals surface area contributed by atoms with Crippen molar-refractivity contribution in [2.45, 2.75) is 9.79 Å². The van der Waals surface area contributed by atoms with Crippen molar-refractivity contribution in [3.8, 4) is 5.75 Å². The summed E-state index contributed by atoms with van der Waals surface area (Å²) < 4.78 is 5.31. The van der Waals surface area contributed by atoms with E-state index in [4.69, 9.17) is 10.5 Å². The Hall–Kier alpha value is -2.21. The maximum Gasteiger partial charge on any atom is 0.262 e. The number of amides is 1. The molecule has 3 N–H and O–H groups in total. The monoisotopic (exact) mass is 273 g/mol. The van der Waals surface area contributed by atoms with Crippen molar-refractivity contribution < 1.29 is 9.53 Å². The summed E-state index contributed by atoms with van der Waals surface area (Å²) >= 11 is 1.52. The van der Waals surface area contributed by atoms with E-state index in [1.165, 1.54) is 11.8 Å². The number of ether oxygens (including phenoxy) is 1. The molecule has 96 valence electrons. The summed E-state index contributed by atoms with van der Waals surface area (Å²) in [5.41, 5.74) is 7.27. The number of aromatic nitrogens is 1. The molecule has 0 fully saturated rings. The number of anilines is 2. The molecule has 0 unspecified atom stereocenters. The fourth-order valence-electron chi connectivity index (χ4n) is 1.74. The van der Waals surface area contributed by atoms with Gasteiger partial charge >= 0.3 is 0 Å². The Morgan fingerprint density at radius 1 is 1.32 bits per heavy atom. The quantitative estimate of drug-likeness (QED) is 0.820. The van der Waals surface area contributed by atoms with Gasteiger partial charge in [0.2, 0.25) is 0 Å². The number of benzene rings is 1. The van der Waals surface area contributed by atoms with Crippen LogP contribution in [0.5, 0.6) is 5.75 Å². The first-order chi connectivity index (χ1) is 9.22. The highest BCUT2D eigenvalue weighted by molar-refractivity contribution is 7.99. The fourth-order valence-corrected chi connectivity index (χ4v) is 2.61. The van der Waals surface area contributed by atoms with Crippen molar-refractivity contribution in [1.82, 2.24) is 4.98 Å². The largest absolute Gasteiger partial charge is 0.482 e. The third-order valence-corrected chi connectivity index (χ3v) is 3.70. The number of hydrogen-bond acceptors (Lipinski definition) is 5. The number of carbonyl (C=O) groups is 1. The minimum absolute atomic E-state index is 0.0310. The van der Waals surface area contributed by atoms with Crippen molar-refractivity contribution >= 4 is 29.0 Å². The Kier molecular flexibility index (Phi) is 3.00. The van der Waals surface area contributed by atoms with Crippen LogP contribution in [0, 0.1) is 0 Å². The van der Waals surface area contributed by atoms with Crippen LogP contribution in [0.3, 0.4) is 0 Å². The van der Waals surface area contributed by atoms with Gasteiger partial charge in [0.15, 0.2) is 6.61 Å². The molecule has 1 aliphatic heterocycles. The van der Waals surface area contributed by atoms with E-state index in [-0.39, 0.29) is 12.5 Å². The molecular weight excluding hydrogens is 262 g/mol. The maximum absolute atomic E-state index is 11.3. The van der Waals surface area contributed by atoms with Crippen LogP contribution in [0.2, 0.25) is 0 Å². The number of carbonyl (C=O) groups excluding carboxylic acids is 1. The summed E-state index contributed by atoms with van der Waals surface area (Å²) in [4.78, 5) is 17.2. The number of fused-ring (bicyclic) bond motifs is 1. The standard InChI is InChI=1S/C13H11N3O2S/c14-9-5-11-10(16-13(17)7-18-11)6-12(9)19-8-1-3-15-4-2-8/h1-6H,7,14H2,(H,16,17). The molecule has 1 aromatic heterocycles. The van der Waals surface area contributed by atoms with E-state index in [0.29, 0.717) is 17.1 Å². The summed E-state index contributed by atoms with van der Waals surface area (Å²) in [7, 11) is 0. The van der Waals surface area contributed by atoms with Gasteiger partial charge in [-0.2, -0.15) is 0 Å².